The average molecular weight is 459 g/mol. The van der Waals surface area contributed by atoms with Gasteiger partial charge in [-0.1, -0.05) is 12.1 Å². The second kappa shape index (κ2) is 9.27. The number of aromatic nitrogens is 2. The molecule has 1 saturated heterocycles. The molecule has 1 fully saturated rings. The van der Waals surface area contributed by atoms with E-state index in [0.717, 1.165) is 16.5 Å². The largest absolute Gasteiger partial charge is 0.497 e. The van der Waals surface area contributed by atoms with Gasteiger partial charge < -0.3 is 28.2 Å². The average Bonchev–Trinajstić information content (AvgIpc) is 3.18. The first-order valence-electron chi connectivity index (χ1n) is 11.6. The number of hydrogen-bond acceptors (Lipinski definition) is 6. The van der Waals surface area contributed by atoms with Crippen molar-refractivity contribution in [2.75, 3.05) is 20.2 Å². The van der Waals surface area contributed by atoms with Crippen molar-refractivity contribution >= 4 is 29.7 Å². The fourth-order valence-corrected chi connectivity index (χ4v) is 3.79. The van der Waals surface area contributed by atoms with Crippen LogP contribution in [0.2, 0.25) is 0 Å². The molecule has 3 rings (SSSR count). The summed E-state index contributed by atoms with van der Waals surface area (Å²) >= 11 is 0. The Morgan fingerprint density at radius 2 is 1.85 bits per heavy atom. The number of imidazole rings is 1. The van der Waals surface area contributed by atoms with E-state index in [-0.39, 0.29) is 12.2 Å². The van der Waals surface area contributed by atoms with Gasteiger partial charge >= 0.3 is 13.2 Å². The summed E-state index contributed by atoms with van der Waals surface area (Å²) in [6.45, 7) is 17.1. The van der Waals surface area contributed by atoms with Gasteiger partial charge in [-0.3, -0.25) is 0 Å². The Balaban J connectivity index is 1.85. The molecule has 1 amide bonds. The SMILES string of the molecule is CCOC(CN(C)C(=O)OC(C)(C)C)Cn1cnc2cccc(B3OC(C)(C)C(C)(C)O3)c21. The summed E-state index contributed by atoms with van der Waals surface area (Å²) in [7, 11) is 1.23. The predicted molar refractivity (Wildman–Crippen MR) is 130 cm³/mol. The van der Waals surface area contributed by atoms with Gasteiger partial charge in [-0.25, -0.2) is 9.78 Å². The zero-order valence-corrected chi connectivity index (χ0v) is 21.5. The van der Waals surface area contributed by atoms with Crippen LogP contribution in [-0.2, 0) is 25.3 Å². The number of benzene rings is 1. The third-order valence-corrected chi connectivity index (χ3v) is 6.16. The molecule has 33 heavy (non-hydrogen) atoms. The number of amides is 1. The molecule has 8 nitrogen and oxygen atoms in total. The van der Waals surface area contributed by atoms with Crippen LogP contribution in [0, 0.1) is 0 Å². The summed E-state index contributed by atoms with van der Waals surface area (Å²) in [5.41, 5.74) is 1.31. The minimum atomic E-state index is -0.551. The van der Waals surface area contributed by atoms with Crippen LogP contribution in [0.3, 0.4) is 0 Å². The number of carbonyl (C=O) groups is 1. The third kappa shape index (κ3) is 5.70. The van der Waals surface area contributed by atoms with Crippen LogP contribution in [-0.4, -0.2) is 70.8 Å². The quantitative estimate of drug-likeness (QED) is 0.589. The van der Waals surface area contributed by atoms with Gasteiger partial charge in [0.1, 0.15) is 5.60 Å². The zero-order valence-electron chi connectivity index (χ0n) is 21.5. The molecule has 0 saturated carbocycles. The van der Waals surface area contributed by atoms with E-state index < -0.39 is 23.9 Å². The number of rotatable bonds is 7. The Bertz CT molecular complexity index is 966. The maximum absolute atomic E-state index is 12.5. The molecule has 0 N–H and O–H groups in total. The fourth-order valence-electron chi connectivity index (χ4n) is 3.79. The maximum atomic E-state index is 12.5. The summed E-state index contributed by atoms with van der Waals surface area (Å²) in [4.78, 5) is 18.6. The van der Waals surface area contributed by atoms with Crippen molar-refractivity contribution in [2.45, 2.75) is 84.8 Å². The van der Waals surface area contributed by atoms with E-state index in [2.05, 4.69) is 9.55 Å². The summed E-state index contributed by atoms with van der Waals surface area (Å²) in [6, 6.07) is 5.96. The van der Waals surface area contributed by atoms with E-state index in [9.17, 15) is 4.79 Å². The van der Waals surface area contributed by atoms with Gasteiger partial charge in [0.15, 0.2) is 0 Å². The van der Waals surface area contributed by atoms with Crippen LogP contribution in [0.4, 0.5) is 4.79 Å². The van der Waals surface area contributed by atoms with Crippen LogP contribution >= 0.6 is 0 Å². The second-order valence-corrected chi connectivity index (χ2v) is 10.6. The van der Waals surface area contributed by atoms with E-state index in [4.69, 9.17) is 18.8 Å². The molecule has 1 aliphatic heterocycles. The monoisotopic (exact) mass is 459 g/mol. The van der Waals surface area contributed by atoms with Crippen LogP contribution < -0.4 is 5.46 Å². The van der Waals surface area contributed by atoms with Crippen molar-refractivity contribution in [1.29, 1.82) is 0 Å². The lowest BCUT2D eigenvalue weighted by molar-refractivity contribution is 0.00192. The van der Waals surface area contributed by atoms with Gasteiger partial charge in [-0.15, -0.1) is 0 Å². The van der Waals surface area contributed by atoms with Crippen molar-refractivity contribution in [1.82, 2.24) is 14.5 Å². The Labute approximate surface area is 197 Å². The van der Waals surface area contributed by atoms with Crippen LogP contribution in [0.15, 0.2) is 24.5 Å². The molecule has 182 valence electrons. The minimum Gasteiger partial charge on any atom is -0.444 e. The number of nitrogens with zero attached hydrogens (tertiary/aromatic N) is 3. The minimum absolute atomic E-state index is 0.240. The van der Waals surface area contributed by atoms with Crippen molar-refractivity contribution in [3.8, 4) is 0 Å². The molecule has 1 aromatic carbocycles. The molecule has 0 aliphatic carbocycles. The molecule has 2 heterocycles. The van der Waals surface area contributed by atoms with Crippen LogP contribution in [0.1, 0.15) is 55.4 Å². The van der Waals surface area contributed by atoms with E-state index in [1.165, 1.54) is 0 Å². The normalized spacial score (nSPS) is 18.5. The molecule has 0 spiro atoms. The third-order valence-electron chi connectivity index (χ3n) is 6.16. The number of carbonyl (C=O) groups excluding carboxylic acids is 1. The number of para-hydroxylation sites is 1. The molecular weight excluding hydrogens is 421 g/mol. The highest BCUT2D eigenvalue weighted by Gasteiger charge is 2.52. The molecule has 0 bridgehead atoms. The molecule has 9 heteroatoms. The van der Waals surface area contributed by atoms with Gasteiger partial charge in [-0.2, -0.15) is 0 Å². The van der Waals surface area contributed by atoms with E-state index >= 15 is 0 Å². The van der Waals surface area contributed by atoms with Crippen molar-refractivity contribution in [3.63, 3.8) is 0 Å². The molecular formula is C24H38BN3O5. The van der Waals surface area contributed by atoms with Crippen molar-refractivity contribution in [2.24, 2.45) is 0 Å². The molecule has 1 aliphatic rings. The van der Waals surface area contributed by atoms with Crippen molar-refractivity contribution in [3.05, 3.63) is 24.5 Å². The molecule has 1 unspecified atom stereocenters. The maximum Gasteiger partial charge on any atom is 0.497 e. The van der Waals surface area contributed by atoms with E-state index in [0.29, 0.717) is 19.7 Å². The standard InChI is InChI=1S/C24H38BN3O5/c1-10-30-17(14-27(9)21(29)31-22(2,3)4)15-28-16-26-19-13-11-12-18(20(19)28)25-32-23(5,6)24(7,8)33-25/h11-13,16-17H,10,14-15H2,1-9H3. The van der Waals surface area contributed by atoms with Gasteiger partial charge in [0.2, 0.25) is 0 Å². The summed E-state index contributed by atoms with van der Waals surface area (Å²) in [6.07, 6.45) is 1.19. The number of likely N-dealkylation sites (N-methyl/N-ethyl adjacent to an activating group) is 1. The topological polar surface area (TPSA) is 75.0 Å². The Morgan fingerprint density at radius 3 is 2.42 bits per heavy atom. The molecule has 1 aromatic heterocycles. The Hall–Kier alpha value is -2.10. The Kier molecular flexibility index (Phi) is 7.17. The van der Waals surface area contributed by atoms with Gasteiger partial charge in [-0.05, 0) is 61.5 Å². The van der Waals surface area contributed by atoms with Crippen molar-refractivity contribution < 1.29 is 23.6 Å². The lowest BCUT2D eigenvalue weighted by Gasteiger charge is -2.32. The summed E-state index contributed by atoms with van der Waals surface area (Å²) in [5.74, 6) is 0. The van der Waals surface area contributed by atoms with E-state index in [1.54, 1.807) is 18.3 Å². The predicted octanol–water partition coefficient (Wildman–Crippen LogP) is 3.61. The van der Waals surface area contributed by atoms with Gasteiger partial charge in [0.05, 0.1) is 47.8 Å². The first-order valence-corrected chi connectivity index (χ1v) is 11.6. The Morgan fingerprint density at radius 1 is 1.21 bits per heavy atom. The molecule has 1 atom stereocenters. The second-order valence-electron chi connectivity index (χ2n) is 10.6. The number of ether oxygens (including phenoxy) is 2. The fraction of sp³-hybridized carbons (Fsp3) is 0.667. The van der Waals surface area contributed by atoms with Gasteiger partial charge in [0, 0.05) is 19.1 Å². The highest BCUT2D eigenvalue weighted by Crippen LogP contribution is 2.37. The highest BCUT2D eigenvalue weighted by molar-refractivity contribution is 6.64. The number of hydrogen-bond donors (Lipinski definition) is 0. The van der Waals surface area contributed by atoms with E-state index in [1.807, 2.05) is 73.6 Å². The first-order chi connectivity index (χ1) is 15.2. The lowest BCUT2D eigenvalue weighted by Crippen LogP contribution is -2.41. The van der Waals surface area contributed by atoms with Crippen LogP contribution in [0.5, 0.6) is 0 Å². The zero-order chi connectivity index (χ0) is 24.6. The summed E-state index contributed by atoms with van der Waals surface area (Å²) < 4.78 is 26.2. The van der Waals surface area contributed by atoms with Gasteiger partial charge in [0.25, 0.3) is 0 Å². The lowest BCUT2D eigenvalue weighted by atomic mass is 9.78. The molecule has 0 radical (unpaired) electrons. The molecule has 2 aromatic rings. The van der Waals surface area contributed by atoms with Crippen LogP contribution in [0.25, 0.3) is 11.0 Å². The smallest absolute Gasteiger partial charge is 0.444 e. The number of fused-ring (bicyclic) bond motifs is 1. The summed E-state index contributed by atoms with van der Waals surface area (Å²) in [5, 5.41) is 0. The first kappa shape index (κ1) is 25.5. The highest BCUT2D eigenvalue weighted by atomic mass is 16.7.